The van der Waals surface area contributed by atoms with Crippen LogP contribution < -0.4 is 0 Å². The highest BCUT2D eigenvalue weighted by Gasteiger charge is 2.25. The topological polar surface area (TPSA) is 56.7 Å². The van der Waals surface area contributed by atoms with Gasteiger partial charge in [-0.3, -0.25) is 0 Å². The Morgan fingerprint density at radius 2 is 0.982 bits per heavy atom. The smallest absolute Gasteiger partial charge is 0.166 e. The molecule has 266 valence electrons. The average Bonchev–Trinajstić information content (AvgIpc) is 3.96. The molecule has 6 heteroatoms. The van der Waals surface area contributed by atoms with Crippen LogP contribution >= 0.6 is 11.3 Å². The second-order valence-electron chi connectivity index (χ2n) is 14.3. The number of benzene rings is 8. The van der Waals surface area contributed by atoms with Crippen LogP contribution in [0.25, 0.3) is 115 Å². The fourth-order valence-electron chi connectivity index (χ4n) is 8.55. The van der Waals surface area contributed by atoms with Crippen molar-refractivity contribution in [3.05, 3.63) is 182 Å². The number of hydrogen-bond acceptors (Lipinski definition) is 5. The molecule has 0 fully saturated rings. The molecule has 5 nitrogen and oxygen atoms in total. The summed E-state index contributed by atoms with van der Waals surface area (Å²) in [5, 5.41) is 6.89. The zero-order valence-electron chi connectivity index (χ0n) is 30.4. The normalized spacial score (nSPS) is 11.9. The third kappa shape index (κ3) is 4.98. The Hall–Kier alpha value is -7.41. The summed E-state index contributed by atoms with van der Waals surface area (Å²) in [5.41, 5.74) is 10.1. The Balaban J connectivity index is 1.24. The van der Waals surface area contributed by atoms with Gasteiger partial charge in [-0.05, 0) is 59.7 Å². The maximum Gasteiger partial charge on any atom is 0.166 e. The number of hydrogen-bond donors (Lipinski definition) is 0. The molecule has 0 N–H and O–H groups in total. The molecular formula is C51H30N4OS. The summed E-state index contributed by atoms with van der Waals surface area (Å²) in [6.07, 6.45) is 0. The number of fused-ring (bicyclic) bond motifs is 9. The van der Waals surface area contributed by atoms with Crippen molar-refractivity contribution in [3.63, 3.8) is 0 Å². The van der Waals surface area contributed by atoms with Gasteiger partial charge in [0, 0.05) is 52.8 Å². The van der Waals surface area contributed by atoms with Crippen molar-refractivity contribution in [1.82, 2.24) is 19.5 Å². The summed E-state index contributed by atoms with van der Waals surface area (Å²) >= 11 is 1.80. The van der Waals surface area contributed by atoms with Crippen molar-refractivity contribution >= 4 is 75.3 Å². The fourth-order valence-corrected chi connectivity index (χ4v) is 9.69. The van der Waals surface area contributed by atoms with Gasteiger partial charge in [-0.1, -0.05) is 133 Å². The lowest BCUT2D eigenvalue weighted by atomic mass is 9.95. The number of furan rings is 1. The lowest BCUT2D eigenvalue weighted by Gasteiger charge is -2.17. The summed E-state index contributed by atoms with van der Waals surface area (Å²) < 4.78 is 11.0. The molecule has 0 aliphatic heterocycles. The highest BCUT2D eigenvalue weighted by Crippen LogP contribution is 2.48. The largest absolute Gasteiger partial charge is 0.456 e. The molecule has 4 heterocycles. The maximum atomic E-state index is 6.26. The third-order valence-corrected chi connectivity index (χ3v) is 12.2. The number of para-hydroxylation sites is 3. The van der Waals surface area contributed by atoms with Gasteiger partial charge in [0.15, 0.2) is 17.5 Å². The Morgan fingerprint density at radius 3 is 1.68 bits per heavy atom. The molecule has 4 aromatic heterocycles. The first kappa shape index (κ1) is 31.9. The first-order chi connectivity index (χ1) is 28.3. The van der Waals surface area contributed by atoms with Crippen molar-refractivity contribution in [1.29, 1.82) is 0 Å². The summed E-state index contributed by atoms with van der Waals surface area (Å²) in [4.78, 5) is 15.9. The standard InChI is InChI=1S/C51H30N4OS/c1-3-14-31(15-4-1)49-52-50(32-16-5-2-6-17-32)54-51(53-49)47-41(55-39-22-10-7-18-35(39)36-19-8-11-23-40(36)55)27-29-45-48(47)46-34(21-13-25-44(46)57-45)33-26-28-43-38(30-33)37-20-9-12-24-42(37)56-43/h1-30H. The number of aromatic nitrogens is 4. The number of rotatable bonds is 5. The molecule has 0 atom stereocenters. The van der Waals surface area contributed by atoms with Crippen LogP contribution in [0.15, 0.2) is 186 Å². The van der Waals surface area contributed by atoms with Crippen molar-refractivity contribution in [2.45, 2.75) is 0 Å². The van der Waals surface area contributed by atoms with Crippen molar-refractivity contribution in [2.24, 2.45) is 0 Å². The van der Waals surface area contributed by atoms with Crippen LogP contribution in [0.5, 0.6) is 0 Å². The lowest BCUT2D eigenvalue weighted by molar-refractivity contribution is 0.669. The SMILES string of the molecule is c1ccc(-c2nc(-c3ccccc3)nc(-c3c(-n4c5ccccc5c5ccccc54)ccc4sc5cccc(-c6ccc7oc8ccccc8c7c6)c5c34)n2)cc1. The number of nitrogens with zero attached hydrogens (tertiary/aromatic N) is 4. The fraction of sp³-hybridized carbons (Fsp3) is 0. The molecule has 0 saturated heterocycles. The molecule has 0 saturated carbocycles. The van der Waals surface area contributed by atoms with E-state index < -0.39 is 0 Å². The molecule has 0 aliphatic carbocycles. The van der Waals surface area contributed by atoms with E-state index in [0.29, 0.717) is 17.5 Å². The predicted octanol–water partition coefficient (Wildman–Crippen LogP) is 13.9. The van der Waals surface area contributed by atoms with Gasteiger partial charge < -0.3 is 8.98 Å². The second kappa shape index (κ2) is 12.6. The zero-order valence-corrected chi connectivity index (χ0v) is 31.2. The Morgan fingerprint density at radius 1 is 0.404 bits per heavy atom. The van der Waals surface area contributed by atoms with Crippen LogP contribution in [0.1, 0.15) is 0 Å². The van der Waals surface area contributed by atoms with E-state index in [1.807, 2.05) is 48.5 Å². The van der Waals surface area contributed by atoms with E-state index in [9.17, 15) is 0 Å². The molecule has 0 spiro atoms. The summed E-state index contributed by atoms with van der Waals surface area (Å²) in [7, 11) is 0. The van der Waals surface area contributed by atoms with Crippen molar-refractivity contribution in [2.75, 3.05) is 0 Å². The van der Waals surface area contributed by atoms with Gasteiger partial charge in [-0.2, -0.15) is 0 Å². The second-order valence-corrected chi connectivity index (χ2v) is 15.4. The first-order valence-electron chi connectivity index (χ1n) is 19.0. The monoisotopic (exact) mass is 746 g/mol. The van der Waals surface area contributed by atoms with Crippen molar-refractivity contribution in [3.8, 4) is 51.0 Å². The Labute approximate surface area is 330 Å². The van der Waals surface area contributed by atoms with E-state index in [1.54, 1.807) is 11.3 Å². The van der Waals surface area contributed by atoms with Crippen LogP contribution in [0.2, 0.25) is 0 Å². The molecule has 57 heavy (non-hydrogen) atoms. The van der Waals surface area contributed by atoms with Crippen LogP contribution in [0.3, 0.4) is 0 Å². The van der Waals surface area contributed by atoms with Gasteiger partial charge in [0.05, 0.1) is 22.3 Å². The minimum Gasteiger partial charge on any atom is -0.456 e. The van der Waals surface area contributed by atoms with E-state index in [-0.39, 0.29) is 0 Å². The molecule has 0 amide bonds. The van der Waals surface area contributed by atoms with Gasteiger partial charge in [0.25, 0.3) is 0 Å². The Kier molecular flexibility index (Phi) is 7.03. The molecular weight excluding hydrogens is 717 g/mol. The van der Waals surface area contributed by atoms with Crippen LogP contribution in [0, 0.1) is 0 Å². The Bertz CT molecular complexity index is 3420. The van der Waals surface area contributed by atoms with Gasteiger partial charge >= 0.3 is 0 Å². The van der Waals surface area contributed by atoms with Gasteiger partial charge in [0.1, 0.15) is 11.2 Å². The minimum absolute atomic E-state index is 0.621. The highest BCUT2D eigenvalue weighted by molar-refractivity contribution is 7.26. The average molecular weight is 747 g/mol. The van der Waals surface area contributed by atoms with E-state index in [1.165, 1.54) is 20.9 Å². The van der Waals surface area contributed by atoms with Crippen LogP contribution in [0.4, 0.5) is 0 Å². The lowest BCUT2D eigenvalue weighted by Crippen LogP contribution is -2.04. The highest BCUT2D eigenvalue weighted by atomic mass is 32.1. The molecule has 8 aromatic carbocycles. The summed E-state index contributed by atoms with van der Waals surface area (Å²) in [5.74, 6) is 1.87. The molecule has 0 radical (unpaired) electrons. The van der Waals surface area contributed by atoms with Gasteiger partial charge in [-0.25, -0.2) is 15.0 Å². The summed E-state index contributed by atoms with van der Waals surface area (Å²) in [6, 6.07) is 63.8. The zero-order chi connectivity index (χ0) is 37.5. The van der Waals surface area contributed by atoms with E-state index >= 15 is 0 Å². The minimum atomic E-state index is 0.621. The number of thiophene rings is 1. The van der Waals surface area contributed by atoms with Crippen LogP contribution in [-0.2, 0) is 0 Å². The van der Waals surface area contributed by atoms with Crippen molar-refractivity contribution < 1.29 is 4.42 Å². The molecule has 12 aromatic rings. The van der Waals surface area contributed by atoms with Gasteiger partial charge in [-0.15, -0.1) is 11.3 Å². The third-order valence-electron chi connectivity index (χ3n) is 11.1. The summed E-state index contributed by atoms with van der Waals surface area (Å²) in [6.45, 7) is 0. The molecule has 0 bridgehead atoms. The molecule has 0 unspecified atom stereocenters. The quantitative estimate of drug-likeness (QED) is 0.176. The van der Waals surface area contributed by atoms with E-state index in [0.717, 1.165) is 76.6 Å². The maximum absolute atomic E-state index is 6.26. The first-order valence-corrected chi connectivity index (χ1v) is 19.8. The molecule has 12 rings (SSSR count). The predicted molar refractivity (Wildman–Crippen MR) is 236 cm³/mol. The van der Waals surface area contributed by atoms with E-state index in [4.69, 9.17) is 19.4 Å². The molecule has 0 aliphatic rings. The van der Waals surface area contributed by atoms with Crippen LogP contribution in [-0.4, -0.2) is 19.5 Å². The van der Waals surface area contributed by atoms with Gasteiger partial charge in [0.2, 0.25) is 0 Å². The van der Waals surface area contributed by atoms with E-state index in [2.05, 4.69) is 138 Å².